The van der Waals surface area contributed by atoms with Gasteiger partial charge in [0.25, 0.3) is 0 Å². The molecule has 1 atom stereocenters. The average Bonchev–Trinajstić information content (AvgIpc) is 3.39. The Morgan fingerprint density at radius 3 is 2.38 bits per heavy atom. The molecule has 32 heavy (non-hydrogen) atoms. The molecule has 3 rings (SSSR count). The van der Waals surface area contributed by atoms with Crippen LogP contribution in [0.1, 0.15) is 12.8 Å². The third-order valence-electron chi connectivity index (χ3n) is 4.97. The van der Waals surface area contributed by atoms with Crippen molar-refractivity contribution in [3.8, 4) is 6.07 Å². The van der Waals surface area contributed by atoms with Crippen LogP contribution in [0.2, 0.25) is 5.02 Å². The van der Waals surface area contributed by atoms with E-state index in [1.165, 1.54) is 0 Å². The maximum absolute atomic E-state index is 12.5. The number of rotatable bonds is 6. The average molecular weight is 466 g/mol. The van der Waals surface area contributed by atoms with Gasteiger partial charge in [-0.3, -0.25) is 9.69 Å². The quantitative estimate of drug-likeness (QED) is 0.412. The molecule has 2 heterocycles. The molecule has 0 aromatic heterocycles. The van der Waals surface area contributed by atoms with E-state index >= 15 is 0 Å². The summed E-state index contributed by atoms with van der Waals surface area (Å²) in [5.74, 6) is -3.70. The number of hydrogen-bond donors (Lipinski definition) is 3. The van der Waals surface area contributed by atoms with Crippen LogP contribution in [0.15, 0.2) is 24.3 Å². The predicted molar refractivity (Wildman–Crippen MR) is 114 cm³/mol. The standard InChI is InChI=1S/C18H22ClN5O2.C2H2O4/c19-14-3-5-15(6-4-14)24-11-10-22(18(24)26)9-7-21-13-17(25)23-8-1-2-16(23)12-20;3-1(4)2(5)6/h3-6,16,21H,1-2,7-11,13H2;(H,3,4)(H,5,6)/t16-;/m0./s1. The molecule has 2 aliphatic rings. The molecule has 3 N–H and O–H groups in total. The number of halogens is 1. The fourth-order valence-corrected chi connectivity index (χ4v) is 3.49. The highest BCUT2D eigenvalue weighted by atomic mass is 35.5. The van der Waals surface area contributed by atoms with Crippen molar-refractivity contribution in [3.63, 3.8) is 0 Å². The molecule has 1 aromatic carbocycles. The van der Waals surface area contributed by atoms with Gasteiger partial charge in [-0.15, -0.1) is 0 Å². The van der Waals surface area contributed by atoms with Gasteiger partial charge in [-0.05, 0) is 37.1 Å². The summed E-state index contributed by atoms with van der Waals surface area (Å²) >= 11 is 5.89. The molecule has 2 saturated heterocycles. The molecule has 2 fully saturated rings. The number of likely N-dealkylation sites (tertiary alicyclic amines) is 1. The van der Waals surface area contributed by atoms with E-state index in [2.05, 4.69) is 11.4 Å². The summed E-state index contributed by atoms with van der Waals surface area (Å²) in [5, 5.41) is 27.6. The summed E-state index contributed by atoms with van der Waals surface area (Å²) in [6.07, 6.45) is 1.64. The normalized spacial score (nSPS) is 17.6. The smallest absolute Gasteiger partial charge is 0.414 e. The lowest BCUT2D eigenvalue weighted by Crippen LogP contribution is -2.43. The Hall–Kier alpha value is -3.36. The lowest BCUT2D eigenvalue weighted by atomic mass is 10.2. The summed E-state index contributed by atoms with van der Waals surface area (Å²) < 4.78 is 0. The van der Waals surface area contributed by atoms with Crippen LogP contribution in [0.5, 0.6) is 0 Å². The van der Waals surface area contributed by atoms with Crippen molar-refractivity contribution in [3.05, 3.63) is 29.3 Å². The molecule has 172 valence electrons. The van der Waals surface area contributed by atoms with E-state index in [1.54, 1.807) is 26.8 Å². The fourth-order valence-electron chi connectivity index (χ4n) is 3.36. The highest BCUT2D eigenvalue weighted by Gasteiger charge is 2.30. The highest BCUT2D eigenvalue weighted by molar-refractivity contribution is 6.30. The van der Waals surface area contributed by atoms with Crippen LogP contribution in [0.3, 0.4) is 0 Å². The number of benzene rings is 1. The van der Waals surface area contributed by atoms with E-state index in [0.717, 1.165) is 18.5 Å². The van der Waals surface area contributed by atoms with E-state index in [1.807, 2.05) is 12.1 Å². The van der Waals surface area contributed by atoms with Crippen LogP contribution < -0.4 is 10.2 Å². The number of nitriles is 1. The molecule has 0 bridgehead atoms. The second-order valence-corrected chi connectivity index (χ2v) is 7.50. The predicted octanol–water partition coefficient (Wildman–Crippen LogP) is 0.842. The molecule has 2 aliphatic heterocycles. The van der Waals surface area contributed by atoms with Crippen LogP contribution in [-0.2, 0) is 14.4 Å². The van der Waals surface area contributed by atoms with E-state index in [0.29, 0.717) is 37.7 Å². The number of carboxylic acid groups (broad SMARTS) is 2. The van der Waals surface area contributed by atoms with E-state index in [4.69, 9.17) is 36.7 Å². The van der Waals surface area contributed by atoms with Crippen LogP contribution in [0, 0.1) is 11.3 Å². The minimum Gasteiger partial charge on any atom is -0.473 e. The molecular weight excluding hydrogens is 442 g/mol. The van der Waals surface area contributed by atoms with Crippen molar-refractivity contribution in [1.29, 1.82) is 5.26 Å². The number of nitrogens with one attached hydrogen (secondary N) is 1. The third kappa shape index (κ3) is 6.83. The molecule has 1 aromatic rings. The number of amides is 3. The van der Waals surface area contributed by atoms with Crippen molar-refractivity contribution in [2.75, 3.05) is 44.2 Å². The second kappa shape index (κ2) is 11.9. The molecular formula is C20H24ClN5O6. The van der Waals surface area contributed by atoms with E-state index in [-0.39, 0.29) is 24.5 Å². The number of carbonyl (C=O) groups is 4. The van der Waals surface area contributed by atoms with Gasteiger partial charge in [0, 0.05) is 43.4 Å². The van der Waals surface area contributed by atoms with E-state index in [9.17, 15) is 9.59 Å². The number of nitrogens with zero attached hydrogens (tertiary/aromatic N) is 4. The number of carboxylic acids is 2. The number of carbonyl (C=O) groups excluding carboxylic acids is 2. The summed E-state index contributed by atoms with van der Waals surface area (Å²) in [7, 11) is 0. The molecule has 0 radical (unpaired) electrons. The van der Waals surface area contributed by atoms with Crippen molar-refractivity contribution >= 4 is 41.2 Å². The van der Waals surface area contributed by atoms with Crippen LogP contribution >= 0.6 is 11.6 Å². The SMILES string of the molecule is N#C[C@@H]1CCCN1C(=O)CNCCN1CCN(c2ccc(Cl)cc2)C1=O.O=C(O)C(=O)O. The maximum Gasteiger partial charge on any atom is 0.414 e. The molecule has 0 saturated carbocycles. The Kier molecular flexibility index (Phi) is 9.24. The lowest BCUT2D eigenvalue weighted by Gasteiger charge is -2.21. The van der Waals surface area contributed by atoms with Gasteiger partial charge in [0.2, 0.25) is 5.91 Å². The number of anilines is 1. The monoisotopic (exact) mass is 465 g/mol. The summed E-state index contributed by atoms with van der Waals surface area (Å²) in [4.78, 5) is 48.0. The Labute approximate surface area is 189 Å². The first kappa shape index (κ1) is 24.9. The molecule has 0 aliphatic carbocycles. The van der Waals surface area contributed by atoms with Crippen molar-refractivity contribution in [1.82, 2.24) is 15.1 Å². The van der Waals surface area contributed by atoms with Crippen molar-refractivity contribution in [2.24, 2.45) is 0 Å². The first-order chi connectivity index (χ1) is 15.2. The Morgan fingerprint density at radius 2 is 1.78 bits per heavy atom. The van der Waals surface area contributed by atoms with Crippen LogP contribution in [0.25, 0.3) is 0 Å². The van der Waals surface area contributed by atoms with Gasteiger partial charge in [-0.1, -0.05) is 11.6 Å². The van der Waals surface area contributed by atoms with Crippen LogP contribution in [-0.4, -0.2) is 89.2 Å². The van der Waals surface area contributed by atoms with Gasteiger partial charge in [0.15, 0.2) is 0 Å². The Balaban J connectivity index is 0.000000534. The minimum atomic E-state index is -1.82. The topological polar surface area (TPSA) is 154 Å². The van der Waals surface area contributed by atoms with Crippen LogP contribution in [0.4, 0.5) is 10.5 Å². The van der Waals surface area contributed by atoms with E-state index < -0.39 is 11.9 Å². The second-order valence-electron chi connectivity index (χ2n) is 7.06. The number of urea groups is 1. The minimum absolute atomic E-state index is 0.0375. The Bertz CT molecular complexity index is 875. The van der Waals surface area contributed by atoms with Gasteiger partial charge in [-0.25, -0.2) is 14.4 Å². The zero-order chi connectivity index (χ0) is 23.7. The van der Waals surface area contributed by atoms with Gasteiger partial charge < -0.3 is 25.3 Å². The van der Waals surface area contributed by atoms with Gasteiger partial charge in [-0.2, -0.15) is 5.26 Å². The van der Waals surface area contributed by atoms with Crippen molar-refractivity contribution in [2.45, 2.75) is 18.9 Å². The molecule has 0 spiro atoms. The summed E-state index contributed by atoms with van der Waals surface area (Å²) in [5.41, 5.74) is 0.835. The third-order valence-corrected chi connectivity index (χ3v) is 5.23. The van der Waals surface area contributed by atoms with Gasteiger partial charge in [0.1, 0.15) is 6.04 Å². The Morgan fingerprint density at radius 1 is 1.12 bits per heavy atom. The molecule has 3 amide bonds. The molecule has 12 heteroatoms. The zero-order valence-corrected chi connectivity index (χ0v) is 18.0. The highest BCUT2D eigenvalue weighted by Crippen LogP contribution is 2.22. The first-order valence-electron chi connectivity index (χ1n) is 9.92. The van der Waals surface area contributed by atoms with Gasteiger partial charge >= 0.3 is 18.0 Å². The molecule has 0 unspecified atom stereocenters. The fraction of sp³-hybridized carbons (Fsp3) is 0.450. The number of aliphatic carboxylic acids is 2. The largest absolute Gasteiger partial charge is 0.473 e. The summed E-state index contributed by atoms with van der Waals surface area (Å²) in [6.45, 7) is 3.21. The zero-order valence-electron chi connectivity index (χ0n) is 17.2. The lowest BCUT2D eigenvalue weighted by molar-refractivity contribution is -0.159. The first-order valence-corrected chi connectivity index (χ1v) is 10.3. The maximum atomic E-state index is 12.5. The van der Waals surface area contributed by atoms with Gasteiger partial charge in [0.05, 0.1) is 12.6 Å². The number of hydrogen-bond acceptors (Lipinski definition) is 6. The molecule has 11 nitrogen and oxygen atoms in total. The summed E-state index contributed by atoms with van der Waals surface area (Å²) in [6, 6.07) is 9.05. The van der Waals surface area contributed by atoms with Crippen molar-refractivity contribution < 1.29 is 29.4 Å².